The molecule has 2 aliphatic rings. The lowest BCUT2D eigenvalue weighted by Gasteiger charge is -2.49. The van der Waals surface area contributed by atoms with Crippen molar-refractivity contribution in [3.8, 4) is 0 Å². The topological polar surface area (TPSA) is 77.8 Å². The van der Waals surface area contributed by atoms with E-state index in [0.29, 0.717) is 17.5 Å². The van der Waals surface area contributed by atoms with Crippen LogP contribution in [0.1, 0.15) is 204 Å². The maximum atomic E-state index is 15.5. The van der Waals surface area contributed by atoms with E-state index in [4.69, 9.17) is 0 Å². The molecule has 0 saturated carbocycles. The standard InChI is InChI=1S/C57H76O4P/c1-9-20-40-32-43(22-11-3)50-38-56(30-15-7,47(24-13-5)36-45(50)34-40)53-49(55(58)42-26-18-17-19-27-42)28-29-52(62(59,60)61)54(53)57(31-16-8)39-51-44(23-12-4)33-41(21-10-2)35-46(51)37-48(57)25-14-6/h17-19,26-29,32-37,59-61H,9-16,20-25,30-31,38-39H2,1-8H3/q+1. The van der Waals surface area contributed by atoms with E-state index in [-0.39, 0.29) is 11.1 Å². The third kappa shape index (κ3) is 9.42. The Morgan fingerprint density at radius 1 is 0.532 bits per heavy atom. The normalized spacial score (nSPS) is 18.6. The molecular formula is C57H76O4P+. The van der Waals surface area contributed by atoms with Crippen molar-refractivity contribution in [3.63, 3.8) is 0 Å². The first kappa shape index (κ1) is 47.8. The lowest BCUT2D eigenvalue weighted by molar-refractivity contribution is 0.103. The Morgan fingerprint density at radius 2 is 0.984 bits per heavy atom. The smallest absolute Gasteiger partial charge is 0.289 e. The molecular weight excluding hydrogens is 780 g/mol. The van der Waals surface area contributed by atoms with Gasteiger partial charge in [-0.05, 0) is 126 Å². The average Bonchev–Trinajstić information content (AvgIpc) is 3.24. The Bertz CT molecular complexity index is 2260. The van der Waals surface area contributed by atoms with Crippen molar-refractivity contribution in [1.82, 2.24) is 0 Å². The highest BCUT2D eigenvalue weighted by Gasteiger charge is 2.54. The molecule has 0 aliphatic heterocycles. The van der Waals surface area contributed by atoms with Gasteiger partial charge in [0.1, 0.15) is 0 Å². The quantitative estimate of drug-likeness (QED) is 0.0576. The van der Waals surface area contributed by atoms with Crippen LogP contribution in [-0.4, -0.2) is 20.5 Å². The number of aryl methyl sites for hydroxylation is 4. The van der Waals surface area contributed by atoms with Crippen molar-refractivity contribution in [3.05, 3.63) is 145 Å². The number of hydrogen-bond donors (Lipinski definition) is 3. The van der Waals surface area contributed by atoms with Crippen LogP contribution in [0.4, 0.5) is 0 Å². The molecule has 3 N–H and O–H groups in total. The summed E-state index contributed by atoms with van der Waals surface area (Å²) in [5, 5.41) is 0.208. The summed E-state index contributed by atoms with van der Waals surface area (Å²) in [4.78, 5) is 51.4. The molecule has 0 fully saturated rings. The number of ketones is 1. The predicted molar refractivity (Wildman–Crippen MR) is 265 cm³/mol. The zero-order chi connectivity index (χ0) is 44.7. The lowest BCUT2D eigenvalue weighted by atomic mass is 9.54. The van der Waals surface area contributed by atoms with E-state index in [9.17, 15) is 14.7 Å². The van der Waals surface area contributed by atoms with Crippen LogP contribution in [0.2, 0.25) is 0 Å². The molecule has 0 spiro atoms. The Morgan fingerprint density at radius 3 is 1.40 bits per heavy atom. The van der Waals surface area contributed by atoms with E-state index in [1.165, 1.54) is 55.7 Å². The maximum Gasteiger partial charge on any atom is 0.441 e. The van der Waals surface area contributed by atoms with E-state index in [1.54, 1.807) is 6.07 Å². The van der Waals surface area contributed by atoms with Gasteiger partial charge in [0, 0.05) is 27.5 Å². The van der Waals surface area contributed by atoms with Crippen LogP contribution in [0.25, 0.3) is 12.2 Å². The molecule has 62 heavy (non-hydrogen) atoms. The summed E-state index contributed by atoms with van der Waals surface area (Å²) in [5.41, 5.74) is 14.9. The minimum absolute atomic E-state index is 0.0601. The fraction of sp³-hybridized carbons (Fsp3) is 0.491. The van der Waals surface area contributed by atoms with Crippen LogP contribution >= 0.6 is 7.94 Å². The molecule has 0 aromatic heterocycles. The Labute approximate surface area is 375 Å². The van der Waals surface area contributed by atoms with E-state index in [0.717, 1.165) is 120 Å². The van der Waals surface area contributed by atoms with Crippen molar-refractivity contribution >= 4 is 31.2 Å². The fourth-order valence-electron chi connectivity index (χ4n) is 11.7. The highest BCUT2D eigenvalue weighted by Crippen LogP contribution is 2.59. The number of hydrogen-bond acceptors (Lipinski definition) is 4. The van der Waals surface area contributed by atoms with Gasteiger partial charge in [-0.1, -0.05) is 185 Å². The van der Waals surface area contributed by atoms with E-state index < -0.39 is 18.8 Å². The van der Waals surface area contributed by atoms with Crippen LogP contribution in [0.5, 0.6) is 0 Å². The summed E-state index contributed by atoms with van der Waals surface area (Å²) in [7, 11) is -4.65. The summed E-state index contributed by atoms with van der Waals surface area (Å²) in [6.07, 6.45) is 21.3. The fourth-order valence-corrected chi connectivity index (χ4v) is 12.6. The Hall–Kier alpha value is -3.66. The van der Waals surface area contributed by atoms with Gasteiger partial charge in [0.15, 0.2) is 11.1 Å². The molecule has 4 aromatic rings. The lowest BCUT2D eigenvalue weighted by Crippen LogP contribution is -2.46. The van der Waals surface area contributed by atoms with Gasteiger partial charge in [-0.25, -0.2) is 0 Å². The molecule has 6 rings (SSSR count). The van der Waals surface area contributed by atoms with Crippen molar-refractivity contribution in [2.75, 3.05) is 0 Å². The second kappa shape index (κ2) is 20.9. The van der Waals surface area contributed by atoms with Crippen molar-refractivity contribution < 1.29 is 19.5 Å². The van der Waals surface area contributed by atoms with E-state index in [1.807, 2.05) is 36.4 Å². The van der Waals surface area contributed by atoms with E-state index >= 15 is 4.79 Å². The van der Waals surface area contributed by atoms with Crippen LogP contribution in [-0.2, 0) is 49.4 Å². The second-order valence-corrected chi connectivity index (χ2v) is 20.3. The number of benzene rings is 4. The first-order chi connectivity index (χ1) is 29.9. The summed E-state index contributed by atoms with van der Waals surface area (Å²) in [5.74, 6) is -0.0601. The van der Waals surface area contributed by atoms with Crippen LogP contribution in [0.15, 0.2) is 77.9 Å². The number of allylic oxidation sites excluding steroid dienone is 2. The van der Waals surface area contributed by atoms with Gasteiger partial charge in [-0.2, -0.15) is 14.7 Å². The largest absolute Gasteiger partial charge is 0.441 e. The summed E-state index contributed by atoms with van der Waals surface area (Å²) in [6, 6.07) is 22.9. The molecule has 0 radical (unpaired) electrons. The number of carbonyl (C=O) groups excluding carboxylic acids is 1. The monoisotopic (exact) mass is 856 g/mol. The molecule has 4 nitrogen and oxygen atoms in total. The molecule has 0 saturated heterocycles. The number of carbonyl (C=O) groups is 1. The molecule has 0 heterocycles. The molecule has 0 amide bonds. The van der Waals surface area contributed by atoms with Gasteiger partial charge in [-0.15, -0.1) is 0 Å². The maximum absolute atomic E-state index is 15.5. The summed E-state index contributed by atoms with van der Waals surface area (Å²) >= 11 is 0. The summed E-state index contributed by atoms with van der Waals surface area (Å²) in [6.45, 7) is 18.0. The molecule has 332 valence electrons. The first-order valence-electron chi connectivity index (χ1n) is 24.5. The highest BCUT2D eigenvalue weighted by molar-refractivity contribution is 7.66. The van der Waals surface area contributed by atoms with Crippen molar-refractivity contribution in [1.29, 1.82) is 0 Å². The first-order valence-corrected chi connectivity index (χ1v) is 26.1. The Kier molecular flexibility index (Phi) is 16.1. The molecule has 5 heteroatoms. The molecule has 2 atom stereocenters. The molecule has 2 unspecified atom stereocenters. The van der Waals surface area contributed by atoms with Crippen LogP contribution in [0, 0.1) is 0 Å². The minimum atomic E-state index is -4.65. The molecule has 0 bridgehead atoms. The predicted octanol–water partition coefficient (Wildman–Crippen LogP) is 14.0. The SMILES string of the molecule is CCCC1=Cc2cc(CCC)cc(CCC)c2CC1(CCC)c1c(C(=O)c2ccccc2)ccc([P+](O)(O)O)c1C1(CCC)Cc2c(cc(CCC)cc2CCC)C=C1CCC. The third-order valence-corrected chi connectivity index (χ3v) is 15.0. The van der Waals surface area contributed by atoms with Crippen LogP contribution in [0.3, 0.4) is 0 Å². The average molecular weight is 856 g/mol. The summed E-state index contributed by atoms with van der Waals surface area (Å²) < 4.78 is 0. The van der Waals surface area contributed by atoms with Gasteiger partial charge >= 0.3 is 7.94 Å². The van der Waals surface area contributed by atoms with Gasteiger partial charge < -0.3 is 0 Å². The second-order valence-electron chi connectivity index (χ2n) is 18.6. The van der Waals surface area contributed by atoms with Gasteiger partial charge in [0.25, 0.3) is 0 Å². The third-order valence-electron chi connectivity index (χ3n) is 14.0. The zero-order valence-electron chi connectivity index (χ0n) is 39.4. The van der Waals surface area contributed by atoms with Gasteiger partial charge in [0.05, 0.1) is 0 Å². The van der Waals surface area contributed by atoms with Crippen molar-refractivity contribution in [2.24, 2.45) is 0 Å². The zero-order valence-corrected chi connectivity index (χ0v) is 40.3. The van der Waals surface area contributed by atoms with Gasteiger partial charge in [-0.3, -0.25) is 4.79 Å². The van der Waals surface area contributed by atoms with E-state index in [2.05, 4.69) is 91.8 Å². The minimum Gasteiger partial charge on any atom is -0.289 e. The molecule has 4 aromatic carbocycles. The number of rotatable bonds is 21. The van der Waals surface area contributed by atoms with Gasteiger partial charge in [0.2, 0.25) is 0 Å². The Balaban J connectivity index is 1.85. The number of fused-ring (bicyclic) bond motifs is 2. The molecule has 2 aliphatic carbocycles. The van der Waals surface area contributed by atoms with Crippen LogP contribution < -0.4 is 5.30 Å². The van der Waals surface area contributed by atoms with Crippen molar-refractivity contribution in [2.45, 2.75) is 182 Å². The highest BCUT2D eigenvalue weighted by atomic mass is 31.2.